The molecule has 2 aromatic rings. The zero-order chi connectivity index (χ0) is 18.4. The number of pyridine rings is 1. The lowest BCUT2D eigenvalue weighted by atomic mass is 10.2. The standard InChI is InChI=1S/C17H16ClF3N2O2/c1-2-15(16(24)23-10-11-4-3-7-22-9-11)25-12-5-6-14(18)13(8-12)17(19,20)21/h3-9,15H,2,10H2,1H3,(H,23,24). The Labute approximate surface area is 148 Å². The molecule has 0 fully saturated rings. The summed E-state index contributed by atoms with van der Waals surface area (Å²) in [5.74, 6) is -0.491. The lowest BCUT2D eigenvalue weighted by Gasteiger charge is -2.18. The smallest absolute Gasteiger partial charge is 0.417 e. The van der Waals surface area contributed by atoms with E-state index < -0.39 is 28.8 Å². The van der Waals surface area contributed by atoms with E-state index in [4.69, 9.17) is 16.3 Å². The van der Waals surface area contributed by atoms with Gasteiger partial charge in [-0.05, 0) is 36.2 Å². The molecule has 1 amide bonds. The van der Waals surface area contributed by atoms with Crippen LogP contribution in [0.15, 0.2) is 42.7 Å². The molecular weight excluding hydrogens is 357 g/mol. The number of nitrogens with zero attached hydrogens (tertiary/aromatic N) is 1. The highest BCUT2D eigenvalue weighted by Crippen LogP contribution is 2.36. The fourth-order valence-electron chi connectivity index (χ4n) is 2.09. The van der Waals surface area contributed by atoms with Crippen molar-refractivity contribution in [3.63, 3.8) is 0 Å². The molecule has 8 heteroatoms. The topological polar surface area (TPSA) is 51.2 Å². The number of rotatable bonds is 6. The van der Waals surface area contributed by atoms with E-state index in [1.165, 1.54) is 6.07 Å². The second-order valence-electron chi connectivity index (χ2n) is 5.23. The Morgan fingerprint density at radius 1 is 1.36 bits per heavy atom. The number of hydrogen-bond acceptors (Lipinski definition) is 3. The second-order valence-corrected chi connectivity index (χ2v) is 5.64. The number of halogens is 4. The van der Waals surface area contributed by atoms with Crippen molar-refractivity contribution in [2.45, 2.75) is 32.2 Å². The maximum atomic E-state index is 12.9. The lowest BCUT2D eigenvalue weighted by Crippen LogP contribution is -2.37. The minimum Gasteiger partial charge on any atom is -0.481 e. The Morgan fingerprint density at radius 3 is 2.72 bits per heavy atom. The maximum Gasteiger partial charge on any atom is 0.417 e. The summed E-state index contributed by atoms with van der Waals surface area (Å²) in [6.07, 6.45) is -2.00. The van der Waals surface area contributed by atoms with Crippen LogP contribution >= 0.6 is 11.6 Å². The molecular formula is C17H16ClF3N2O2. The van der Waals surface area contributed by atoms with Crippen LogP contribution in [0.5, 0.6) is 5.75 Å². The Balaban J connectivity index is 2.05. The molecule has 0 aliphatic carbocycles. The molecule has 1 atom stereocenters. The van der Waals surface area contributed by atoms with Crippen molar-refractivity contribution in [2.24, 2.45) is 0 Å². The first-order chi connectivity index (χ1) is 11.8. The molecule has 0 saturated carbocycles. The lowest BCUT2D eigenvalue weighted by molar-refractivity contribution is -0.137. The molecule has 1 aromatic carbocycles. The monoisotopic (exact) mass is 372 g/mol. The molecule has 0 bridgehead atoms. The predicted molar refractivity (Wildman–Crippen MR) is 87.2 cm³/mol. The van der Waals surface area contributed by atoms with Crippen LogP contribution in [-0.4, -0.2) is 17.0 Å². The summed E-state index contributed by atoms with van der Waals surface area (Å²) in [6.45, 7) is 1.95. The Kier molecular flexibility index (Phi) is 6.25. The van der Waals surface area contributed by atoms with Crippen LogP contribution in [0.3, 0.4) is 0 Å². The maximum absolute atomic E-state index is 12.9. The Hall–Kier alpha value is -2.28. The quantitative estimate of drug-likeness (QED) is 0.825. The van der Waals surface area contributed by atoms with Gasteiger partial charge in [-0.15, -0.1) is 0 Å². The summed E-state index contributed by atoms with van der Waals surface area (Å²) in [5, 5.41) is 2.25. The average molecular weight is 373 g/mol. The van der Waals surface area contributed by atoms with E-state index >= 15 is 0 Å². The zero-order valence-electron chi connectivity index (χ0n) is 13.3. The van der Waals surface area contributed by atoms with Gasteiger partial charge in [-0.2, -0.15) is 13.2 Å². The van der Waals surface area contributed by atoms with Gasteiger partial charge in [0.05, 0.1) is 10.6 Å². The Morgan fingerprint density at radius 2 is 2.12 bits per heavy atom. The largest absolute Gasteiger partial charge is 0.481 e. The normalized spacial score (nSPS) is 12.5. The van der Waals surface area contributed by atoms with Crippen molar-refractivity contribution in [1.82, 2.24) is 10.3 Å². The molecule has 1 unspecified atom stereocenters. The summed E-state index contributed by atoms with van der Waals surface area (Å²) in [7, 11) is 0. The molecule has 0 saturated heterocycles. The molecule has 0 aliphatic rings. The van der Waals surface area contributed by atoms with Crippen molar-refractivity contribution in [1.29, 1.82) is 0 Å². The van der Waals surface area contributed by atoms with Gasteiger partial charge in [0.25, 0.3) is 5.91 Å². The van der Waals surface area contributed by atoms with E-state index in [2.05, 4.69) is 10.3 Å². The van der Waals surface area contributed by atoms with Gasteiger partial charge >= 0.3 is 6.18 Å². The average Bonchev–Trinajstić information content (AvgIpc) is 2.58. The number of carbonyl (C=O) groups excluding carboxylic acids is 1. The number of amides is 1. The van der Waals surface area contributed by atoms with Crippen LogP contribution in [0.4, 0.5) is 13.2 Å². The third kappa shape index (κ3) is 5.35. The number of ether oxygens (including phenoxy) is 1. The van der Waals surface area contributed by atoms with E-state index in [0.29, 0.717) is 6.42 Å². The SMILES string of the molecule is CCC(Oc1ccc(Cl)c(C(F)(F)F)c1)C(=O)NCc1cccnc1. The fraction of sp³-hybridized carbons (Fsp3) is 0.294. The molecule has 25 heavy (non-hydrogen) atoms. The molecule has 4 nitrogen and oxygen atoms in total. The number of nitrogens with one attached hydrogen (secondary N) is 1. The minimum absolute atomic E-state index is 0.0693. The van der Waals surface area contributed by atoms with E-state index in [1.807, 2.05) is 0 Å². The first-order valence-corrected chi connectivity index (χ1v) is 7.89. The molecule has 134 valence electrons. The number of benzene rings is 1. The summed E-state index contributed by atoms with van der Waals surface area (Å²) in [4.78, 5) is 16.1. The number of alkyl halides is 3. The molecule has 0 radical (unpaired) electrons. The van der Waals surface area contributed by atoms with E-state index in [1.54, 1.807) is 31.5 Å². The summed E-state index contributed by atoms with van der Waals surface area (Å²) < 4.78 is 44.1. The summed E-state index contributed by atoms with van der Waals surface area (Å²) in [6, 6.07) is 6.72. The van der Waals surface area contributed by atoms with Crippen molar-refractivity contribution in [2.75, 3.05) is 0 Å². The number of aromatic nitrogens is 1. The van der Waals surface area contributed by atoms with Gasteiger partial charge in [-0.1, -0.05) is 24.6 Å². The van der Waals surface area contributed by atoms with Crippen LogP contribution < -0.4 is 10.1 Å². The number of hydrogen-bond donors (Lipinski definition) is 1. The summed E-state index contributed by atoms with van der Waals surface area (Å²) >= 11 is 5.57. The zero-order valence-corrected chi connectivity index (χ0v) is 14.1. The number of carbonyl (C=O) groups is 1. The molecule has 1 N–H and O–H groups in total. The minimum atomic E-state index is -4.60. The van der Waals surface area contributed by atoms with E-state index in [-0.39, 0.29) is 12.3 Å². The van der Waals surface area contributed by atoms with Crippen LogP contribution in [0, 0.1) is 0 Å². The summed E-state index contributed by atoms with van der Waals surface area (Å²) in [5.41, 5.74) is -0.200. The molecule has 1 heterocycles. The van der Waals surface area contributed by atoms with Crippen molar-refractivity contribution < 1.29 is 22.7 Å². The van der Waals surface area contributed by atoms with Crippen molar-refractivity contribution in [3.05, 3.63) is 58.9 Å². The highest BCUT2D eigenvalue weighted by Gasteiger charge is 2.34. The van der Waals surface area contributed by atoms with Gasteiger partial charge in [0.1, 0.15) is 5.75 Å². The van der Waals surface area contributed by atoms with Crippen LogP contribution in [0.25, 0.3) is 0 Å². The highest BCUT2D eigenvalue weighted by atomic mass is 35.5. The van der Waals surface area contributed by atoms with Crippen LogP contribution in [0.2, 0.25) is 5.02 Å². The molecule has 2 rings (SSSR count). The van der Waals surface area contributed by atoms with Gasteiger partial charge in [-0.25, -0.2) is 0 Å². The molecule has 1 aromatic heterocycles. The van der Waals surface area contributed by atoms with Gasteiger partial charge in [0, 0.05) is 18.9 Å². The molecule has 0 aliphatic heterocycles. The van der Waals surface area contributed by atoms with Gasteiger partial charge in [-0.3, -0.25) is 9.78 Å². The van der Waals surface area contributed by atoms with E-state index in [9.17, 15) is 18.0 Å². The molecule has 0 spiro atoms. The van der Waals surface area contributed by atoms with E-state index in [0.717, 1.165) is 17.7 Å². The highest BCUT2D eigenvalue weighted by molar-refractivity contribution is 6.31. The first kappa shape index (κ1) is 19.1. The van der Waals surface area contributed by atoms with Crippen molar-refractivity contribution in [3.8, 4) is 5.75 Å². The Bertz CT molecular complexity index is 724. The third-order valence-corrected chi connectivity index (χ3v) is 3.70. The second kappa shape index (κ2) is 8.20. The third-order valence-electron chi connectivity index (χ3n) is 3.37. The van der Waals surface area contributed by atoms with Crippen LogP contribution in [-0.2, 0) is 17.5 Å². The van der Waals surface area contributed by atoms with Gasteiger partial charge in [0.2, 0.25) is 0 Å². The first-order valence-electron chi connectivity index (χ1n) is 7.51. The van der Waals surface area contributed by atoms with Crippen molar-refractivity contribution >= 4 is 17.5 Å². The predicted octanol–water partition coefficient (Wildman–Crippen LogP) is 4.23. The fourth-order valence-corrected chi connectivity index (χ4v) is 2.31. The van der Waals surface area contributed by atoms with Gasteiger partial charge < -0.3 is 10.1 Å². The van der Waals surface area contributed by atoms with Gasteiger partial charge in [0.15, 0.2) is 6.10 Å². The van der Waals surface area contributed by atoms with Crippen LogP contribution in [0.1, 0.15) is 24.5 Å².